The molecular weight excluding hydrogens is 669 g/mol. The van der Waals surface area contributed by atoms with Crippen LogP contribution in [0, 0.1) is 0 Å². The van der Waals surface area contributed by atoms with Crippen LogP contribution in [0.2, 0.25) is 0 Å². The molecule has 2 aromatic heterocycles. The van der Waals surface area contributed by atoms with Gasteiger partial charge in [0.05, 0.1) is 47.8 Å². The van der Waals surface area contributed by atoms with E-state index in [1.807, 2.05) is 49.4 Å². The van der Waals surface area contributed by atoms with Crippen LogP contribution in [-0.4, -0.2) is 42.9 Å². The molecule has 3 aromatic carbocycles. The van der Waals surface area contributed by atoms with Crippen LogP contribution in [0.4, 0.5) is 0 Å². The lowest BCUT2D eigenvalue weighted by atomic mass is 9.92. The average molecular weight is 707 g/mol. The van der Waals surface area contributed by atoms with Gasteiger partial charge in [0, 0.05) is 22.8 Å². The van der Waals surface area contributed by atoms with Crippen LogP contribution >= 0.6 is 11.3 Å². The summed E-state index contributed by atoms with van der Waals surface area (Å²) in [6.07, 6.45) is 2.13. The summed E-state index contributed by atoms with van der Waals surface area (Å²) >= 11 is 1.18. The molecule has 0 bridgehead atoms. The van der Waals surface area contributed by atoms with E-state index in [2.05, 4.69) is 0 Å². The lowest BCUT2D eigenvalue weighted by Gasteiger charge is -2.27. The largest absolute Gasteiger partial charge is 0.493 e. The summed E-state index contributed by atoms with van der Waals surface area (Å²) < 4.78 is 30.9. The number of esters is 2. The van der Waals surface area contributed by atoms with Crippen LogP contribution in [0.15, 0.2) is 105 Å². The second-order valence-corrected chi connectivity index (χ2v) is 12.9. The first-order valence-electron chi connectivity index (χ1n) is 16.7. The highest BCUT2D eigenvalue weighted by Crippen LogP contribution is 2.42. The average Bonchev–Trinajstić information content (AvgIpc) is 3.73. The van der Waals surface area contributed by atoms with E-state index >= 15 is 0 Å². The fraction of sp³-hybridized carbons (Fsp3) is 0.250. The monoisotopic (exact) mass is 706 g/mol. The van der Waals surface area contributed by atoms with E-state index in [-0.39, 0.29) is 23.8 Å². The molecule has 0 unspecified atom stereocenters. The number of fused-ring (bicyclic) bond motifs is 1. The fourth-order valence-electron chi connectivity index (χ4n) is 5.80. The van der Waals surface area contributed by atoms with Gasteiger partial charge in [-0.1, -0.05) is 72.9 Å². The summed E-state index contributed by atoms with van der Waals surface area (Å²) in [6, 6.07) is 24.3. The molecule has 0 radical (unpaired) electrons. The van der Waals surface area contributed by atoms with Crippen LogP contribution < -0.4 is 24.4 Å². The standard InChI is InChI=1S/C40H38N2O8S/c1-6-21-48-36-29(17-12-18-31(36)46-5)35-33(39(45)47-7-2)34(25-13-9-8-10-14-25)41-40-42(35)37(43)32(51-40)23-28-19-20-30(50-28)26-15-11-16-27(22-26)38(44)49-24(3)4/h8-20,22-24,35H,6-7,21H2,1-5H3/b32-23+/t35-/m0/s1. The van der Waals surface area contributed by atoms with E-state index in [1.54, 1.807) is 76.4 Å². The summed E-state index contributed by atoms with van der Waals surface area (Å²) in [5.41, 5.74) is 2.55. The van der Waals surface area contributed by atoms with Gasteiger partial charge < -0.3 is 23.4 Å². The predicted molar refractivity (Wildman–Crippen MR) is 195 cm³/mol. The van der Waals surface area contributed by atoms with Crippen LogP contribution in [-0.2, 0) is 14.3 Å². The molecule has 262 valence electrons. The molecule has 1 aliphatic heterocycles. The predicted octanol–water partition coefficient (Wildman–Crippen LogP) is 6.56. The van der Waals surface area contributed by atoms with E-state index in [0.29, 0.717) is 66.9 Å². The summed E-state index contributed by atoms with van der Waals surface area (Å²) in [4.78, 5) is 46.3. The summed E-state index contributed by atoms with van der Waals surface area (Å²) in [7, 11) is 1.55. The number of methoxy groups -OCH3 is 1. The topological polar surface area (TPSA) is 119 Å². The smallest absolute Gasteiger partial charge is 0.338 e. The minimum atomic E-state index is -0.958. The van der Waals surface area contributed by atoms with Gasteiger partial charge in [-0.2, -0.15) is 0 Å². The Hall–Kier alpha value is -5.68. The zero-order valence-corrected chi connectivity index (χ0v) is 29.8. The highest BCUT2D eigenvalue weighted by molar-refractivity contribution is 7.07. The molecule has 0 fully saturated rings. The second-order valence-electron chi connectivity index (χ2n) is 11.9. The number of nitrogens with zero attached hydrogens (tertiary/aromatic N) is 2. The van der Waals surface area contributed by atoms with Crippen molar-refractivity contribution in [3.05, 3.63) is 133 Å². The Morgan fingerprint density at radius 3 is 2.45 bits per heavy atom. The van der Waals surface area contributed by atoms with Crippen LogP contribution in [0.25, 0.3) is 23.1 Å². The van der Waals surface area contributed by atoms with E-state index in [0.717, 1.165) is 6.42 Å². The lowest BCUT2D eigenvalue weighted by Crippen LogP contribution is -2.40. The van der Waals surface area contributed by atoms with E-state index < -0.39 is 18.0 Å². The molecule has 6 rings (SSSR count). The molecule has 1 atom stereocenters. The Kier molecular flexibility index (Phi) is 10.7. The van der Waals surface area contributed by atoms with Crippen LogP contribution in [0.5, 0.6) is 11.5 Å². The molecule has 10 nitrogen and oxygen atoms in total. The summed E-state index contributed by atoms with van der Waals surface area (Å²) in [5.74, 6) is 0.797. The minimum absolute atomic E-state index is 0.126. The maximum absolute atomic E-state index is 14.5. The van der Waals surface area contributed by atoms with E-state index in [1.165, 1.54) is 15.9 Å². The maximum Gasteiger partial charge on any atom is 0.338 e. The first kappa shape index (κ1) is 35.2. The Balaban J connectivity index is 1.53. The number of benzene rings is 3. The highest BCUT2D eigenvalue weighted by atomic mass is 32.1. The molecule has 11 heteroatoms. The van der Waals surface area contributed by atoms with Gasteiger partial charge >= 0.3 is 11.9 Å². The molecule has 5 aromatic rings. The summed E-state index contributed by atoms with van der Waals surface area (Å²) in [6.45, 7) is 7.83. The zero-order valence-electron chi connectivity index (χ0n) is 29.0. The van der Waals surface area contributed by atoms with Crippen molar-refractivity contribution in [2.75, 3.05) is 20.3 Å². The molecule has 1 aliphatic rings. The molecular formula is C40H38N2O8S. The van der Waals surface area contributed by atoms with Gasteiger partial charge in [0.1, 0.15) is 17.6 Å². The van der Waals surface area contributed by atoms with Crippen molar-refractivity contribution in [1.82, 2.24) is 4.57 Å². The number of aromatic nitrogens is 1. The SMILES string of the molecule is CCCOc1c(OC)cccc1[C@H]1C(C(=O)OCC)=C(c2ccccc2)N=c2s/c(=C/c3ccc(-c4cccc(C(=O)OC(C)C)c4)o3)c(=O)n21. The van der Waals surface area contributed by atoms with Crippen molar-refractivity contribution in [2.24, 2.45) is 4.99 Å². The van der Waals surface area contributed by atoms with Crippen molar-refractivity contribution in [1.29, 1.82) is 0 Å². The zero-order chi connectivity index (χ0) is 36.1. The van der Waals surface area contributed by atoms with E-state index in [9.17, 15) is 14.4 Å². The first-order chi connectivity index (χ1) is 24.7. The van der Waals surface area contributed by atoms with Crippen LogP contribution in [0.1, 0.15) is 67.4 Å². The van der Waals surface area contributed by atoms with Gasteiger partial charge in [0.2, 0.25) is 0 Å². The van der Waals surface area contributed by atoms with Gasteiger partial charge in [-0.15, -0.1) is 0 Å². The Labute approximate surface area is 298 Å². The molecule has 0 aliphatic carbocycles. The Morgan fingerprint density at radius 2 is 1.73 bits per heavy atom. The van der Waals surface area contributed by atoms with Gasteiger partial charge in [0.25, 0.3) is 5.56 Å². The van der Waals surface area contributed by atoms with Gasteiger partial charge in [-0.25, -0.2) is 14.6 Å². The third kappa shape index (κ3) is 7.29. The first-order valence-corrected chi connectivity index (χ1v) is 17.5. The second kappa shape index (κ2) is 15.5. The third-order valence-corrected chi connectivity index (χ3v) is 8.96. The van der Waals surface area contributed by atoms with Gasteiger partial charge in [-0.05, 0) is 57.5 Å². The third-order valence-electron chi connectivity index (χ3n) is 7.97. The molecule has 51 heavy (non-hydrogen) atoms. The van der Waals surface area contributed by atoms with Crippen LogP contribution in [0.3, 0.4) is 0 Å². The number of para-hydroxylation sites is 1. The highest BCUT2D eigenvalue weighted by Gasteiger charge is 2.37. The number of carbonyl (C=O) groups is 2. The minimum Gasteiger partial charge on any atom is -0.493 e. The molecule has 0 N–H and O–H groups in total. The number of thiazole rings is 1. The molecule has 0 saturated heterocycles. The number of furan rings is 1. The lowest BCUT2D eigenvalue weighted by molar-refractivity contribution is -0.138. The maximum atomic E-state index is 14.5. The molecule has 3 heterocycles. The number of ether oxygens (including phenoxy) is 4. The van der Waals surface area contributed by atoms with Crippen molar-refractivity contribution < 1.29 is 33.0 Å². The van der Waals surface area contributed by atoms with Crippen molar-refractivity contribution in [3.63, 3.8) is 0 Å². The van der Waals surface area contributed by atoms with E-state index in [4.69, 9.17) is 28.4 Å². The van der Waals surface area contributed by atoms with Crippen molar-refractivity contribution in [3.8, 4) is 22.8 Å². The Bertz CT molecular complexity index is 2280. The molecule has 0 saturated carbocycles. The molecule has 0 amide bonds. The van der Waals surface area contributed by atoms with Crippen molar-refractivity contribution >= 4 is 35.0 Å². The summed E-state index contributed by atoms with van der Waals surface area (Å²) in [5, 5.41) is 0. The number of carbonyl (C=O) groups excluding carboxylic acids is 2. The quantitative estimate of drug-likeness (QED) is 0.134. The number of hydrogen-bond donors (Lipinski definition) is 0. The normalized spacial score (nSPS) is 14.2. The van der Waals surface area contributed by atoms with Gasteiger partial charge in [0.15, 0.2) is 16.3 Å². The number of hydrogen-bond acceptors (Lipinski definition) is 10. The number of rotatable bonds is 12. The molecule has 0 spiro atoms. The van der Waals surface area contributed by atoms with Gasteiger partial charge in [-0.3, -0.25) is 9.36 Å². The Morgan fingerprint density at radius 1 is 0.961 bits per heavy atom. The van der Waals surface area contributed by atoms with Crippen molar-refractivity contribution in [2.45, 2.75) is 46.3 Å². The fourth-order valence-corrected chi connectivity index (χ4v) is 6.78.